The van der Waals surface area contributed by atoms with E-state index < -0.39 is 0 Å². The van der Waals surface area contributed by atoms with Crippen LogP contribution in [0.25, 0.3) is 0 Å². The first kappa shape index (κ1) is 11.3. The molecule has 88 valence electrons. The summed E-state index contributed by atoms with van der Waals surface area (Å²) in [5.41, 5.74) is 0. The monoisotopic (exact) mass is 240 g/mol. The van der Waals surface area contributed by atoms with Crippen LogP contribution in [0.5, 0.6) is 5.75 Å². The van der Waals surface area contributed by atoms with Crippen molar-refractivity contribution in [3.63, 3.8) is 0 Å². The van der Waals surface area contributed by atoms with Crippen LogP contribution in [0, 0.1) is 0 Å². The van der Waals surface area contributed by atoms with Crippen LogP contribution in [0.3, 0.4) is 0 Å². The standard InChI is InChI=1S/C10H16N4OS/c1-11-9-8(15-2)10(13-6-12-9)14-7-3-4-16-5-7/h6-7H,3-5H2,1-2H3,(H2,11,12,13,14). The third kappa shape index (κ3) is 2.32. The van der Waals surface area contributed by atoms with Crippen LogP contribution < -0.4 is 15.4 Å². The zero-order valence-corrected chi connectivity index (χ0v) is 10.3. The fraction of sp³-hybridized carbons (Fsp3) is 0.600. The number of nitrogens with one attached hydrogen (secondary N) is 2. The molecule has 1 fully saturated rings. The van der Waals surface area contributed by atoms with Crippen molar-refractivity contribution in [2.45, 2.75) is 12.5 Å². The van der Waals surface area contributed by atoms with Crippen molar-refractivity contribution < 1.29 is 4.74 Å². The fourth-order valence-electron chi connectivity index (χ4n) is 1.69. The minimum atomic E-state index is 0.485. The van der Waals surface area contributed by atoms with Crippen LogP contribution >= 0.6 is 11.8 Å². The smallest absolute Gasteiger partial charge is 0.204 e. The van der Waals surface area contributed by atoms with Gasteiger partial charge in [0, 0.05) is 18.8 Å². The second-order valence-corrected chi connectivity index (χ2v) is 4.71. The van der Waals surface area contributed by atoms with Gasteiger partial charge in [-0.2, -0.15) is 11.8 Å². The molecule has 1 atom stereocenters. The Kier molecular flexibility index (Phi) is 3.71. The molecule has 2 N–H and O–H groups in total. The van der Waals surface area contributed by atoms with E-state index in [1.165, 1.54) is 12.2 Å². The summed E-state index contributed by atoms with van der Waals surface area (Å²) in [5, 5.41) is 6.39. The highest BCUT2D eigenvalue weighted by Crippen LogP contribution is 2.30. The molecule has 0 spiro atoms. The first-order valence-electron chi connectivity index (χ1n) is 5.26. The highest BCUT2D eigenvalue weighted by atomic mass is 32.2. The molecule has 2 rings (SSSR count). The summed E-state index contributed by atoms with van der Waals surface area (Å²) < 4.78 is 5.32. The van der Waals surface area contributed by atoms with Gasteiger partial charge in [-0.25, -0.2) is 9.97 Å². The average molecular weight is 240 g/mol. The third-order valence-corrected chi connectivity index (χ3v) is 3.68. The first-order valence-corrected chi connectivity index (χ1v) is 6.41. The Morgan fingerprint density at radius 2 is 2.25 bits per heavy atom. The number of methoxy groups -OCH3 is 1. The van der Waals surface area contributed by atoms with Gasteiger partial charge < -0.3 is 15.4 Å². The Bertz CT molecular complexity index is 355. The van der Waals surface area contributed by atoms with E-state index in [4.69, 9.17) is 4.74 Å². The number of hydrogen-bond donors (Lipinski definition) is 2. The SMILES string of the molecule is CNc1ncnc(NC2CCSC2)c1OC. The Hall–Kier alpha value is -1.17. The maximum atomic E-state index is 5.32. The molecule has 0 aliphatic carbocycles. The summed E-state index contributed by atoms with van der Waals surface area (Å²) >= 11 is 1.96. The number of thioether (sulfide) groups is 1. The number of nitrogens with zero attached hydrogens (tertiary/aromatic N) is 2. The summed E-state index contributed by atoms with van der Waals surface area (Å²) in [6.07, 6.45) is 2.71. The average Bonchev–Trinajstić information content (AvgIpc) is 2.81. The van der Waals surface area contributed by atoms with Gasteiger partial charge in [0.15, 0.2) is 11.6 Å². The van der Waals surface area contributed by atoms with Crippen molar-refractivity contribution >= 4 is 23.4 Å². The molecule has 1 aliphatic rings. The van der Waals surface area contributed by atoms with Crippen LogP contribution in [0.1, 0.15) is 6.42 Å². The van der Waals surface area contributed by atoms with Crippen LogP contribution in [-0.4, -0.2) is 41.7 Å². The molecule has 1 saturated heterocycles. The van der Waals surface area contributed by atoms with Gasteiger partial charge in [-0.1, -0.05) is 0 Å². The molecule has 2 heterocycles. The van der Waals surface area contributed by atoms with Gasteiger partial charge in [0.1, 0.15) is 6.33 Å². The number of aromatic nitrogens is 2. The van der Waals surface area contributed by atoms with Gasteiger partial charge in [-0.05, 0) is 12.2 Å². The summed E-state index contributed by atoms with van der Waals surface area (Å²) in [7, 11) is 3.45. The quantitative estimate of drug-likeness (QED) is 0.830. The minimum absolute atomic E-state index is 0.485. The summed E-state index contributed by atoms with van der Waals surface area (Å²) in [5.74, 6) is 4.51. The number of hydrogen-bond acceptors (Lipinski definition) is 6. The second-order valence-electron chi connectivity index (χ2n) is 3.56. The lowest BCUT2D eigenvalue weighted by Crippen LogP contribution is -2.19. The predicted octanol–water partition coefficient (Wildman–Crippen LogP) is 1.44. The summed E-state index contributed by atoms with van der Waals surface area (Å²) in [4.78, 5) is 8.34. The third-order valence-electron chi connectivity index (χ3n) is 2.52. The molecular weight excluding hydrogens is 224 g/mol. The molecular formula is C10H16N4OS. The summed E-state index contributed by atoms with van der Waals surface area (Å²) in [6, 6.07) is 0.485. The Morgan fingerprint density at radius 1 is 1.44 bits per heavy atom. The van der Waals surface area contributed by atoms with Crippen LogP contribution in [-0.2, 0) is 0 Å². The molecule has 0 saturated carbocycles. The van der Waals surface area contributed by atoms with E-state index >= 15 is 0 Å². The van der Waals surface area contributed by atoms with Gasteiger partial charge in [0.2, 0.25) is 5.75 Å². The zero-order chi connectivity index (χ0) is 11.4. The topological polar surface area (TPSA) is 59.1 Å². The van der Waals surface area contributed by atoms with Crippen molar-refractivity contribution in [3.8, 4) is 5.75 Å². The lowest BCUT2D eigenvalue weighted by Gasteiger charge is -2.16. The highest BCUT2D eigenvalue weighted by molar-refractivity contribution is 7.99. The normalized spacial score (nSPS) is 19.5. The molecule has 0 bridgehead atoms. The number of ether oxygens (including phenoxy) is 1. The molecule has 1 aromatic rings. The molecule has 0 aromatic carbocycles. The van der Waals surface area contributed by atoms with Gasteiger partial charge in [0.25, 0.3) is 0 Å². The van der Waals surface area contributed by atoms with Gasteiger partial charge >= 0.3 is 0 Å². The molecule has 5 nitrogen and oxygen atoms in total. The van der Waals surface area contributed by atoms with E-state index in [0.29, 0.717) is 17.6 Å². The molecule has 0 amide bonds. The summed E-state index contributed by atoms with van der Waals surface area (Å²) in [6.45, 7) is 0. The second kappa shape index (κ2) is 5.25. The van der Waals surface area contributed by atoms with E-state index in [1.807, 2.05) is 18.8 Å². The maximum absolute atomic E-state index is 5.32. The molecule has 1 aliphatic heterocycles. The van der Waals surface area contributed by atoms with E-state index in [1.54, 1.807) is 13.4 Å². The van der Waals surface area contributed by atoms with Crippen molar-refractivity contribution in [1.29, 1.82) is 0 Å². The van der Waals surface area contributed by atoms with Crippen LogP contribution in [0.2, 0.25) is 0 Å². The zero-order valence-electron chi connectivity index (χ0n) is 9.49. The van der Waals surface area contributed by atoms with Gasteiger partial charge in [-0.15, -0.1) is 0 Å². The first-order chi connectivity index (χ1) is 7.85. The van der Waals surface area contributed by atoms with Crippen molar-refractivity contribution in [3.05, 3.63) is 6.33 Å². The van der Waals surface area contributed by atoms with Crippen LogP contribution in [0.4, 0.5) is 11.6 Å². The Balaban J connectivity index is 2.18. The molecule has 16 heavy (non-hydrogen) atoms. The van der Waals surface area contributed by atoms with Crippen molar-refractivity contribution in [2.24, 2.45) is 0 Å². The van der Waals surface area contributed by atoms with E-state index in [-0.39, 0.29) is 0 Å². The fourth-order valence-corrected chi connectivity index (χ4v) is 2.84. The maximum Gasteiger partial charge on any atom is 0.204 e. The lowest BCUT2D eigenvalue weighted by molar-refractivity contribution is 0.414. The number of rotatable bonds is 4. The number of anilines is 2. The van der Waals surface area contributed by atoms with E-state index in [2.05, 4.69) is 20.6 Å². The van der Waals surface area contributed by atoms with E-state index in [9.17, 15) is 0 Å². The highest BCUT2D eigenvalue weighted by Gasteiger charge is 2.19. The van der Waals surface area contributed by atoms with Gasteiger partial charge in [0.05, 0.1) is 7.11 Å². The largest absolute Gasteiger partial charge is 0.490 e. The molecule has 1 aromatic heterocycles. The molecule has 0 radical (unpaired) electrons. The molecule has 6 heteroatoms. The lowest BCUT2D eigenvalue weighted by atomic mass is 10.2. The van der Waals surface area contributed by atoms with Crippen molar-refractivity contribution in [2.75, 3.05) is 36.3 Å². The molecule has 1 unspecified atom stereocenters. The van der Waals surface area contributed by atoms with Crippen LogP contribution in [0.15, 0.2) is 6.33 Å². The minimum Gasteiger partial charge on any atom is -0.490 e. The van der Waals surface area contributed by atoms with Gasteiger partial charge in [-0.3, -0.25) is 0 Å². The van der Waals surface area contributed by atoms with Crippen molar-refractivity contribution in [1.82, 2.24) is 9.97 Å². The van der Waals surface area contributed by atoms with E-state index in [0.717, 1.165) is 11.6 Å². The predicted molar refractivity (Wildman–Crippen MR) is 67.5 cm³/mol. The Labute approximate surface area is 99.4 Å². The Morgan fingerprint density at radius 3 is 2.88 bits per heavy atom.